The first kappa shape index (κ1) is 28.6. The van der Waals surface area contributed by atoms with Crippen molar-refractivity contribution in [3.8, 4) is 5.75 Å². The SMILES string of the molecule is COc1ccc2nc3cc(Cl)ccc3c(C(N)CCN(CCCCCCN)CCCCCCN)c2c1. The number of nitrogens with zero attached hydrogens (tertiary/aromatic N) is 2. The molecule has 0 fully saturated rings. The highest BCUT2D eigenvalue weighted by Gasteiger charge is 2.18. The molecule has 36 heavy (non-hydrogen) atoms. The second kappa shape index (κ2) is 15.3. The van der Waals surface area contributed by atoms with Crippen LogP contribution in [0.15, 0.2) is 36.4 Å². The van der Waals surface area contributed by atoms with Gasteiger partial charge in [-0.2, -0.15) is 0 Å². The van der Waals surface area contributed by atoms with Crippen LogP contribution >= 0.6 is 11.6 Å². The maximum atomic E-state index is 6.94. The van der Waals surface area contributed by atoms with Gasteiger partial charge in [-0.1, -0.05) is 43.4 Å². The van der Waals surface area contributed by atoms with Gasteiger partial charge in [0.15, 0.2) is 0 Å². The zero-order valence-electron chi connectivity index (χ0n) is 21.9. The number of pyridine rings is 1. The van der Waals surface area contributed by atoms with Crippen molar-refractivity contribution in [3.63, 3.8) is 0 Å². The van der Waals surface area contributed by atoms with Crippen LogP contribution in [0.1, 0.15) is 69.4 Å². The van der Waals surface area contributed by atoms with Crippen molar-refractivity contribution >= 4 is 33.4 Å². The molecule has 1 heterocycles. The van der Waals surface area contributed by atoms with E-state index >= 15 is 0 Å². The number of fused-ring (bicyclic) bond motifs is 2. The second-order valence-corrected chi connectivity index (χ2v) is 10.1. The Labute approximate surface area is 221 Å². The minimum atomic E-state index is -0.122. The molecule has 0 radical (unpaired) electrons. The summed E-state index contributed by atoms with van der Waals surface area (Å²) in [5.41, 5.74) is 21.2. The molecular weight excluding hydrogens is 470 g/mol. The van der Waals surface area contributed by atoms with Crippen LogP contribution in [0.25, 0.3) is 21.8 Å². The lowest BCUT2D eigenvalue weighted by molar-refractivity contribution is 0.251. The number of nitrogens with two attached hydrogens (primary N) is 3. The topological polar surface area (TPSA) is 103 Å². The van der Waals surface area contributed by atoms with Crippen molar-refractivity contribution in [3.05, 3.63) is 47.0 Å². The summed E-state index contributed by atoms with van der Waals surface area (Å²) in [6, 6.07) is 11.8. The average molecular weight is 514 g/mol. The molecular formula is C29H44ClN5O. The molecule has 3 aromatic rings. The quantitative estimate of drug-likeness (QED) is 0.156. The summed E-state index contributed by atoms with van der Waals surface area (Å²) >= 11 is 6.30. The van der Waals surface area contributed by atoms with Gasteiger partial charge in [-0.05, 0) is 101 Å². The van der Waals surface area contributed by atoms with Gasteiger partial charge in [0.25, 0.3) is 0 Å². The zero-order chi connectivity index (χ0) is 25.8. The van der Waals surface area contributed by atoms with Crippen molar-refractivity contribution in [1.82, 2.24) is 9.88 Å². The van der Waals surface area contributed by atoms with E-state index < -0.39 is 0 Å². The average Bonchev–Trinajstić information content (AvgIpc) is 2.89. The Balaban J connectivity index is 1.77. The molecule has 2 aromatic carbocycles. The summed E-state index contributed by atoms with van der Waals surface area (Å²) in [5.74, 6) is 0.808. The molecule has 0 saturated heterocycles. The predicted octanol–water partition coefficient (Wildman–Crippen LogP) is 5.78. The van der Waals surface area contributed by atoms with Crippen molar-refractivity contribution < 1.29 is 4.74 Å². The number of benzene rings is 2. The number of aromatic nitrogens is 1. The van der Waals surface area contributed by atoms with Gasteiger partial charge in [0.2, 0.25) is 0 Å². The Kier molecular flexibility index (Phi) is 12.2. The lowest BCUT2D eigenvalue weighted by Gasteiger charge is -2.25. The van der Waals surface area contributed by atoms with Crippen molar-refractivity contribution in [2.24, 2.45) is 17.2 Å². The molecule has 0 bridgehead atoms. The van der Waals surface area contributed by atoms with Gasteiger partial charge >= 0.3 is 0 Å². The Morgan fingerprint density at radius 2 is 1.47 bits per heavy atom. The van der Waals surface area contributed by atoms with Gasteiger partial charge < -0.3 is 26.8 Å². The Morgan fingerprint density at radius 1 is 0.806 bits per heavy atom. The first-order chi connectivity index (χ1) is 17.6. The molecule has 1 unspecified atom stereocenters. The number of halogens is 1. The van der Waals surface area contributed by atoms with E-state index in [1.54, 1.807) is 7.11 Å². The monoisotopic (exact) mass is 513 g/mol. The van der Waals surface area contributed by atoms with Gasteiger partial charge in [-0.3, -0.25) is 0 Å². The molecule has 0 aliphatic rings. The molecule has 198 valence electrons. The van der Waals surface area contributed by atoms with Crippen molar-refractivity contribution in [2.75, 3.05) is 39.8 Å². The summed E-state index contributed by atoms with van der Waals surface area (Å²) in [6.45, 7) is 4.75. The first-order valence-corrected chi connectivity index (χ1v) is 13.9. The molecule has 0 amide bonds. The van der Waals surface area contributed by atoms with E-state index in [1.807, 2.05) is 30.3 Å². The number of methoxy groups -OCH3 is 1. The minimum Gasteiger partial charge on any atom is -0.497 e. The maximum absolute atomic E-state index is 6.94. The Hall–Kier alpha value is -1.96. The van der Waals surface area contributed by atoms with Gasteiger partial charge in [-0.15, -0.1) is 0 Å². The third-order valence-corrected chi connectivity index (χ3v) is 7.20. The smallest absolute Gasteiger partial charge is 0.119 e. The van der Waals surface area contributed by atoms with Crippen molar-refractivity contribution in [2.45, 2.75) is 63.8 Å². The molecule has 3 rings (SSSR count). The fraction of sp³-hybridized carbons (Fsp3) is 0.552. The number of hydrogen-bond donors (Lipinski definition) is 3. The minimum absolute atomic E-state index is 0.122. The number of hydrogen-bond acceptors (Lipinski definition) is 6. The largest absolute Gasteiger partial charge is 0.497 e. The van der Waals surface area contributed by atoms with E-state index in [-0.39, 0.29) is 6.04 Å². The fourth-order valence-electron chi connectivity index (χ4n) is 4.92. The lowest BCUT2D eigenvalue weighted by atomic mass is 9.94. The van der Waals surface area contributed by atoms with Crippen LogP contribution in [0.2, 0.25) is 5.02 Å². The zero-order valence-corrected chi connectivity index (χ0v) is 22.6. The Morgan fingerprint density at radius 3 is 2.11 bits per heavy atom. The predicted molar refractivity (Wildman–Crippen MR) is 154 cm³/mol. The van der Waals surface area contributed by atoms with Crippen LogP contribution in [-0.2, 0) is 0 Å². The van der Waals surface area contributed by atoms with Crippen LogP contribution in [0.3, 0.4) is 0 Å². The van der Waals surface area contributed by atoms with Crippen LogP contribution in [0, 0.1) is 0 Å². The molecule has 0 spiro atoms. The third-order valence-electron chi connectivity index (χ3n) is 6.97. The summed E-state index contributed by atoms with van der Waals surface area (Å²) in [5, 5.41) is 2.78. The standard InChI is InChI=1S/C29H44ClN5O/c1-36-23-11-13-27-25(21-23)29(24-12-10-22(30)20-28(24)34-27)26(33)14-19-35(17-8-4-2-6-15-31)18-9-5-3-7-16-32/h10-13,20-21,26H,2-9,14-19,31-33H2,1H3. The van der Waals surface area contributed by atoms with E-state index in [9.17, 15) is 0 Å². The highest BCUT2D eigenvalue weighted by Crippen LogP contribution is 2.34. The molecule has 0 aliphatic heterocycles. The summed E-state index contributed by atoms with van der Waals surface area (Å²) < 4.78 is 5.52. The molecule has 7 heteroatoms. The number of ether oxygens (including phenoxy) is 1. The van der Waals surface area contributed by atoms with Crippen LogP contribution < -0.4 is 21.9 Å². The van der Waals surface area contributed by atoms with Gasteiger partial charge in [0.1, 0.15) is 5.75 Å². The van der Waals surface area contributed by atoms with E-state index in [2.05, 4.69) is 11.0 Å². The Bertz CT molecular complexity index is 1060. The highest BCUT2D eigenvalue weighted by molar-refractivity contribution is 6.31. The first-order valence-electron chi connectivity index (χ1n) is 13.5. The molecule has 6 nitrogen and oxygen atoms in total. The normalized spacial score (nSPS) is 12.6. The van der Waals surface area contributed by atoms with Crippen LogP contribution in [-0.4, -0.2) is 49.7 Å². The number of rotatable bonds is 17. The molecule has 6 N–H and O–H groups in total. The van der Waals surface area contributed by atoms with Crippen LogP contribution in [0.4, 0.5) is 0 Å². The van der Waals surface area contributed by atoms with Gasteiger partial charge in [0.05, 0.1) is 18.1 Å². The molecule has 0 aliphatic carbocycles. The molecule has 1 atom stereocenters. The third kappa shape index (κ3) is 8.29. The summed E-state index contributed by atoms with van der Waals surface area (Å²) in [4.78, 5) is 7.45. The summed E-state index contributed by atoms with van der Waals surface area (Å²) in [6.07, 6.45) is 10.4. The maximum Gasteiger partial charge on any atom is 0.119 e. The molecule has 1 aromatic heterocycles. The highest BCUT2D eigenvalue weighted by atomic mass is 35.5. The van der Waals surface area contributed by atoms with Gasteiger partial charge in [0, 0.05) is 21.8 Å². The van der Waals surface area contributed by atoms with E-state index in [0.29, 0.717) is 5.02 Å². The van der Waals surface area contributed by atoms with Crippen molar-refractivity contribution in [1.29, 1.82) is 0 Å². The lowest BCUT2D eigenvalue weighted by Crippen LogP contribution is -2.30. The second-order valence-electron chi connectivity index (χ2n) is 9.71. The van der Waals surface area contributed by atoms with Gasteiger partial charge in [-0.25, -0.2) is 4.98 Å². The fourth-order valence-corrected chi connectivity index (χ4v) is 5.09. The summed E-state index contributed by atoms with van der Waals surface area (Å²) in [7, 11) is 1.69. The molecule has 0 saturated carbocycles. The van der Waals surface area contributed by atoms with E-state index in [1.165, 1.54) is 38.5 Å². The number of unbranched alkanes of at least 4 members (excludes halogenated alkanes) is 6. The van der Waals surface area contributed by atoms with E-state index in [0.717, 1.165) is 85.1 Å². The van der Waals surface area contributed by atoms with E-state index in [4.69, 9.17) is 38.5 Å². The van der Waals surface area contributed by atoms with Crippen LogP contribution in [0.5, 0.6) is 5.75 Å².